The van der Waals surface area contributed by atoms with E-state index >= 15 is 0 Å². The first kappa shape index (κ1) is 16.0. The molecule has 0 saturated carbocycles. The molecule has 4 nitrogen and oxygen atoms in total. The van der Waals surface area contributed by atoms with Crippen LogP contribution in [0.4, 0.5) is 0 Å². The van der Waals surface area contributed by atoms with Crippen molar-refractivity contribution in [3.05, 3.63) is 24.3 Å². The van der Waals surface area contributed by atoms with Gasteiger partial charge in [0.2, 0.25) is 0 Å². The van der Waals surface area contributed by atoms with Gasteiger partial charge < -0.3 is 20.3 Å². The molecule has 1 rings (SSSR count). The highest BCUT2D eigenvalue weighted by Crippen LogP contribution is 2.15. The van der Waals surface area contributed by atoms with Gasteiger partial charge in [-0.3, -0.25) is 0 Å². The van der Waals surface area contributed by atoms with Crippen LogP contribution in [0.25, 0.3) is 0 Å². The van der Waals surface area contributed by atoms with Crippen molar-refractivity contribution in [3.63, 3.8) is 0 Å². The Bertz CT molecular complexity index is 303. The molecule has 0 aromatic heterocycles. The van der Waals surface area contributed by atoms with Crippen LogP contribution in [-0.2, 0) is 0 Å². The van der Waals surface area contributed by atoms with Crippen LogP contribution < -0.4 is 10.1 Å². The Hall–Kier alpha value is -0.970. The van der Waals surface area contributed by atoms with Crippen LogP contribution in [-0.4, -0.2) is 35.5 Å². The largest absolute Gasteiger partial charge is 0.508 e. The van der Waals surface area contributed by atoms with Crippen molar-refractivity contribution < 1.29 is 14.9 Å². The van der Waals surface area contributed by atoms with Gasteiger partial charge in [-0.15, -0.1) is 12.4 Å². The van der Waals surface area contributed by atoms with Gasteiger partial charge in [-0.05, 0) is 24.3 Å². The van der Waals surface area contributed by atoms with Gasteiger partial charge in [0.25, 0.3) is 0 Å². The van der Waals surface area contributed by atoms with Crippen molar-refractivity contribution >= 4 is 12.4 Å². The standard InChI is InChI=1S/C12H19NO3.ClH/c1-9(2)13-7-11(15)8-16-12-5-3-10(14)4-6-12;/h3-6,9,11,13-15H,7-8H2,1-2H3;1H/t11-;/m1./s1. The maximum atomic E-state index is 9.58. The number of aliphatic hydroxyl groups excluding tert-OH is 1. The van der Waals surface area contributed by atoms with Gasteiger partial charge in [0.15, 0.2) is 0 Å². The van der Waals surface area contributed by atoms with Gasteiger partial charge in [-0.25, -0.2) is 0 Å². The molecule has 5 heteroatoms. The second-order valence-electron chi connectivity index (χ2n) is 4.02. The second-order valence-corrected chi connectivity index (χ2v) is 4.02. The fourth-order valence-electron chi connectivity index (χ4n) is 1.17. The summed E-state index contributed by atoms with van der Waals surface area (Å²) in [6.45, 7) is 4.79. The van der Waals surface area contributed by atoms with E-state index in [1.807, 2.05) is 13.8 Å². The summed E-state index contributed by atoms with van der Waals surface area (Å²) in [6, 6.07) is 6.78. The van der Waals surface area contributed by atoms with Crippen LogP contribution >= 0.6 is 12.4 Å². The molecule has 0 fully saturated rings. The zero-order chi connectivity index (χ0) is 12.0. The molecule has 0 radical (unpaired) electrons. The summed E-state index contributed by atoms with van der Waals surface area (Å²) >= 11 is 0. The van der Waals surface area contributed by atoms with Gasteiger partial charge in [0, 0.05) is 12.6 Å². The van der Waals surface area contributed by atoms with E-state index in [0.29, 0.717) is 18.3 Å². The highest BCUT2D eigenvalue weighted by atomic mass is 35.5. The molecule has 98 valence electrons. The van der Waals surface area contributed by atoms with E-state index < -0.39 is 6.10 Å². The van der Waals surface area contributed by atoms with Gasteiger partial charge in [-0.1, -0.05) is 13.8 Å². The van der Waals surface area contributed by atoms with Crippen LogP contribution in [0, 0.1) is 0 Å². The SMILES string of the molecule is CC(C)NC[C@@H](O)COc1ccc(O)cc1.Cl. The lowest BCUT2D eigenvalue weighted by Crippen LogP contribution is -2.35. The number of rotatable bonds is 6. The molecule has 0 heterocycles. The van der Waals surface area contributed by atoms with E-state index in [4.69, 9.17) is 9.84 Å². The first-order chi connectivity index (χ1) is 7.58. The smallest absolute Gasteiger partial charge is 0.119 e. The Morgan fingerprint density at radius 2 is 1.82 bits per heavy atom. The fraction of sp³-hybridized carbons (Fsp3) is 0.500. The first-order valence-electron chi connectivity index (χ1n) is 5.41. The molecule has 0 saturated heterocycles. The Balaban J connectivity index is 0.00000256. The maximum Gasteiger partial charge on any atom is 0.119 e. The summed E-state index contributed by atoms with van der Waals surface area (Å²) in [4.78, 5) is 0. The summed E-state index contributed by atoms with van der Waals surface area (Å²) < 4.78 is 5.35. The lowest BCUT2D eigenvalue weighted by atomic mass is 10.3. The maximum absolute atomic E-state index is 9.58. The Morgan fingerprint density at radius 3 is 2.35 bits per heavy atom. The normalized spacial score (nSPS) is 12.0. The Morgan fingerprint density at radius 1 is 1.24 bits per heavy atom. The van der Waals surface area contributed by atoms with Crippen LogP contribution in [0.5, 0.6) is 11.5 Å². The molecule has 0 aliphatic heterocycles. The topological polar surface area (TPSA) is 61.7 Å². The molecule has 0 amide bonds. The summed E-state index contributed by atoms with van der Waals surface area (Å²) in [7, 11) is 0. The average Bonchev–Trinajstić information content (AvgIpc) is 2.25. The summed E-state index contributed by atoms with van der Waals surface area (Å²) in [5, 5.41) is 21.8. The third kappa shape index (κ3) is 7.05. The third-order valence-electron chi connectivity index (χ3n) is 2.04. The summed E-state index contributed by atoms with van der Waals surface area (Å²) in [5.41, 5.74) is 0. The van der Waals surface area contributed by atoms with E-state index in [2.05, 4.69) is 5.32 Å². The van der Waals surface area contributed by atoms with Gasteiger partial charge in [-0.2, -0.15) is 0 Å². The molecule has 0 unspecified atom stereocenters. The lowest BCUT2D eigenvalue weighted by Gasteiger charge is -2.14. The zero-order valence-electron chi connectivity index (χ0n) is 10.1. The molecule has 1 aromatic rings. The van der Waals surface area contributed by atoms with Crippen molar-refractivity contribution in [3.8, 4) is 11.5 Å². The van der Waals surface area contributed by atoms with Crippen molar-refractivity contribution in [1.29, 1.82) is 0 Å². The molecular weight excluding hydrogens is 242 g/mol. The molecule has 0 aliphatic carbocycles. The molecule has 1 aromatic carbocycles. The fourth-order valence-corrected chi connectivity index (χ4v) is 1.17. The molecule has 1 atom stereocenters. The quantitative estimate of drug-likeness (QED) is 0.727. The average molecular weight is 262 g/mol. The summed E-state index contributed by atoms with van der Waals surface area (Å²) in [6.07, 6.45) is -0.531. The zero-order valence-corrected chi connectivity index (χ0v) is 10.9. The van der Waals surface area contributed by atoms with Crippen molar-refractivity contribution in [1.82, 2.24) is 5.32 Å². The van der Waals surface area contributed by atoms with Crippen LogP contribution in [0.3, 0.4) is 0 Å². The molecule has 0 bridgehead atoms. The number of benzene rings is 1. The predicted molar refractivity (Wildman–Crippen MR) is 70.0 cm³/mol. The minimum absolute atomic E-state index is 0. The minimum atomic E-state index is -0.531. The van der Waals surface area contributed by atoms with E-state index in [0.717, 1.165) is 0 Å². The molecule has 17 heavy (non-hydrogen) atoms. The number of aromatic hydroxyl groups is 1. The predicted octanol–water partition coefficient (Wildman–Crippen LogP) is 1.55. The number of ether oxygens (including phenoxy) is 1. The number of phenols is 1. The van der Waals surface area contributed by atoms with E-state index in [1.165, 1.54) is 0 Å². The van der Waals surface area contributed by atoms with Crippen molar-refractivity contribution in [2.45, 2.75) is 26.0 Å². The van der Waals surface area contributed by atoms with Gasteiger partial charge in [0.05, 0.1) is 0 Å². The minimum Gasteiger partial charge on any atom is -0.508 e. The number of halogens is 1. The second kappa shape index (κ2) is 8.17. The monoisotopic (exact) mass is 261 g/mol. The first-order valence-corrected chi connectivity index (χ1v) is 5.41. The van der Waals surface area contributed by atoms with Crippen molar-refractivity contribution in [2.24, 2.45) is 0 Å². The van der Waals surface area contributed by atoms with E-state index in [9.17, 15) is 5.11 Å². The van der Waals surface area contributed by atoms with E-state index in [1.54, 1.807) is 24.3 Å². The molecule has 0 spiro atoms. The van der Waals surface area contributed by atoms with Crippen molar-refractivity contribution in [2.75, 3.05) is 13.2 Å². The summed E-state index contributed by atoms with van der Waals surface area (Å²) in [5.74, 6) is 0.843. The lowest BCUT2D eigenvalue weighted by molar-refractivity contribution is 0.104. The Kier molecular flexibility index (Phi) is 7.70. The number of hydrogen-bond acceptors (Lipinski definition) is 4. The van der Waals surface area contributed by atoms with E-state index in [-0.39, 0.29) is 24.8 Å². The Labute approximate surface area is 108 Å². The number of aliphatic hydroxyl groups is 1. The highest BCUT2D eigenvalue weighted by molar-refractivity contribution is 5.85. The number of phenolic OH excluding ortho intramolecular Hbond substituents is 1. The highest BCUT2D eigenvalue weighted by Gasteiger charge is 2.05. The van der Waals surface area contributed by atoms with Gasteiger partial charge >= 0.3 is 0 Å². The molecule has 3 N–H and O–H groups in total. The molecule has 0 aliphatic rings. The molecular formula is C12H20ClNO3. The van der Waals surface area contributed by atoms with Crippen LogP contribution in [0.15, 0.2) is 24.3 Å². The van der Waals surface area contributed by atoms with Crippen LogP contribution in [0.2, 0.25) is 0 Å². The number of nitrogens with one attached hydrogen (secondary N) is 1. The van der Waals surface area contributed by atoms with Crippen LogP contribution in [0.1, 0.15) is 13.8 Å². The third-order valence-corrected chi connectivity index (χ3v) is 2.04. The number of hydrogen-bond donors (Lipinski definition) is 3. The van der Waals surface area contributed by atoms with Gasteiger partial charge in [0.1, 0.15) is 24.2 Å².